The highest BCUT2D eigenvalue weighted by molar-refractivity contribution is 9.10. The van der Waals surface area contributed by atoms with Gasteiger partial charge in [-0.1, -0.05) is 12.7 Å². The van der Waals surface area contributed by atoms with Gasteiger partial charge in [0.2, 0.25) is 0 Å². The third kappa shape index (κ3) is 3.58. The van der Waals surface area contributed by atoms with Gasteiger partial charge < -0.3 is 9.47 Å². The molecular formula is C17H17BrN2O5. The average molecular weight is 409 g/mol. The second-order valence-electron chi connectivity index (χ2n) is 5.20. The molecule has 1 saturated heterocycles. The van der Waals surface area contributed by atoms with Crippen molar-refractivity contribution in [2.45, 2.75) is 0 Å². The molecule has 7 nitrogen and oxygen atoms in total. The van der Waals surface area contributed by atoms with E-state index in [2.05, 4.69) is 22.5 Å². The Labute approximate surface area is 153 Å². The molecule has 1 aliphatic heterocycles. The molecule has 0 unspecified atom stereocenters. The Morgan fingerprint density at radius 1 is 1.16 bits per heavy atom. The third-order valence-corrected chi connectivity index (χ3v) is 4.14. The number of halogens is 1. The lowest BCUT2D eigenvalue weighted by molar-refractivity contribution is -0.134. The maximum Gasteiger partial charge on any atom is 0.333 e. The predicted octanol–water partition coefficient (Wildman–Crippen LogP) is 2.46. The summed E-state index contributed by atoms with van der Waals surface area (Å²) in [5.41, 5.74) is 0.431. The molecule has 1 aromatic rings. The topological polar surface area (TPSA) is 76.2 Å². The monoisotopic (exact) mass is 408 g/mol. The minimum Gasteiger partial charge on any atom is -0.493 e. The standard InChI is InChI=1S/C17H17BrN2O5/c1-5-6-25-14-12(18)8-10(9-13(14)24-4)7-11-15(21)19(2)17(23)20(3)16(11)22/h5,7-9H,1,6H2,2-4H3. The van der Waals surface area contributed by atoms with Crippen molar-refractivity contribution < 1.29 is 23.9 Å². The lowest BCUT2D eigenvalue weighted by Crippen LogP contribution is -2.52. The molecule has 1 heterocycles. The van der Waals surface area contributed by atoms with Gasteiger partial charge >= 0.3 is 6.03 Å². The fourth-order valence-corrected chi connectivity index (χ4v) is 2.82. The molecule has 0 atom stereocenters. The van der Waals surface area contributed by atoms with Gasteiger partial charge in [0.05, 0.1) is 11.6 Å². The number of carbonyl (C=O) groups excluding carboxylic acids is 3. The number of carbonyl (C=O) groups is 3. The summed E-state index contributed by atoms with van der Waals surface area (Å²) in [4.78, 5) is 38.1. The van der Waals surface area contributed by atoms with E-state index < -0.39 is 17.8 Å². The van der Waals surface area contributed by atoms with Gasteiger partial charge in [-0.25, -0.2) is 4.79 Å². The van der Waals surface area contributed by atoms with Crippen LogP contribution in [0.25, 0.3) is 6.08 Å². The molecule has 1 fully saturated rings. The van der Waals surface area contributed by atoms with Crippen LogP contribution in [0.15, 0.2) is 34.8 Å². The van der Waals surface area contributed by atoms with Crippen LogP contribution in [0, 0.1) is 0 Å². The number of ether oxygens (including phenoxy) is 2. The molecule has 2 rings (SSSR count). The quantitative estimate of drug-likeness (QED) is 0.424. The van der Waals surface area contributed by atoms with Crippen molar-refractivity contribution in [3.8, 4) is 11.5 Å². The summed E-state index contributed by atoms with van der Waals surface area (Å²) in [7, 11) is 4.13. The van der Waals surface area contributed by atoms with E-state index in [9.17, 15) is 14.4 Å². The largest absolute Gasteiger partial charge is 0.493 e. The van der Waals surface area contributed by atoms with Crippen LogP contribution in [-0.4, -0.2) is 55.5 Å². The van der Waals surface area contributed by atoms with Crippen LogP contribution in [0.2, 0.25) is 0 Å². The third-order valence-electron chi connectivity index (χ3n) is 3.55. The maximum atomic E-state index is 12.3. The van der Waals surface area contributed by atoms with Gasteiger partial charge in [-0.2, -0.15) is 0 Å². The van der Waals surface area contributed by atoms with Crippen LogP contribution in [0.5, 0.6) is 11.5 Å². The number of imide groups is 2. The number of urea groups is 1. The Hall–Kier alpha value is -2.61. The van der Waals surface area contributed by atoms with E-state index in [4.69, 9.17) is 9.47 Å². The number of methoxy groups -OCH3 is 1. The summed E-state index contributed by atoms with van der Waals surface area (Å²) in [6.07, 6.45) is 3.01. The highest BCUT2D eigenvalue weighted by Gasteiger charge is 2.37. The zero-order valence-corrected chi connectivity index (χ0v) is 15.6. The number of likely N-dealkylation sites (N-methyl/N-ethyl adjacent to an activating group) is 2. The second-order valence-corrected chi connectivity index (χ2v) is 6.06. The van der Waals surface area contributed by atoms with E-state index >= 15 is 0 Å². The van der Waals surface area contributed by atoms with Crippen LogP contribution >= 0.6 is 15.9 Å². The maximum absolute atomic E-state index is 12.3. The summed E-state index contributed by atoms with van der Waals surface area (Å²) in [6.45, 7) is 3.89. The summed E-state index contributed by atoms with van der Waals surface area (Å²) in [5.74, 6) is -0.405. The van der Waals surface area contributed by atoms with Gasteiger partial charge in [-0.15, -0.1) is 0 Å². The predicted molar refractivity (Wildman–Crippen MR) is 95.3 cm³/mol. The molecule has 4 amide bonds. The lowest BCUT2D eigenvalue weighted by Gasteiger charge is -2.28. The Morgan fingerprint density at radius 2 is 1.76 bits per heavy atom. The Morgan fingerprint density at radius 3 is 2.28 bits per heavy atom. The van der Waals surface area contributed by atoms with E-state index in [0.29, 0.717) is 28.1 Å². The van der Waals surface area contributed by atoms with Gasteiger partial charge in [0.15, 0.2) is 11.5 Å². The van der Waals surface area contributed by atoms with E-state index in [1.54, 1.807) is 18.2 Å². The summed E-state index contributed by atoms with van der Waals surface area (Å²) < 4.78 is 11.4. The van der Waals surface area contributed by atoms with E-state index in [1.807, 2.05) is 0 Å². The number of nitrogens with zero attached hydrogens (tertiary/aromatic N) is 2. The minimum absolute atomic E-state index is 0.113. The number of hydrogen-bond donors (Lipinski definition) is 0. The molecule has 0 spiro atoms. The van der Waals surface area contributed by atoms with Crippen molar-refractivity contribution >= 4 is 39.9 Å². The van der Waals surface area contributed by atoms with Crippen molar-refractivity contribution in [3.05, 3.63) is 40.4 Å². The molecule has 0 aromatic heterocycles. The van der Waals surface area contributed by atoms with Gasteiger partial charge in [0.1, 0.15) is 12.2 Å². The highest BCUT2D eigenvalue weighted by Crippen LogP contribution is 2.37. The van der Waals surface area contributed by atoms with Crippen molar-refractivity contribution in [1.29, 1.82) is 0 Å². The molecule has 0 bridgehead atoms. The number of amides is 4. The van der Waals surface area contributed by atoms with Crippen LogP contribution in [0.1, 0.15) is 5.56 Å². The lowest BCUT2D eigenvalue weighted by atomic mass is 10.1. The van der Waals surface area contributed by atoms with Crippen LogP contribution in [0.4, 0.5) is 4.79 Å². The zero-order valence-electron chi connectivity index (χ0n) is 14.0. The summed E-state index contributed by atoms with van der Waals surface area (Å²) >= 11 is 3.38. The number of barbiturate groups is 1. The zero-order chi connectivity index (χ0) is 18.7. The highest BCUT2D eigenvalue weighted by atomic mass is 79.9. The van der Waals surface area contributed by atoms with Gasteiger partial charge in [0, 0.05) is 14.1 Å². The molecule has 1 aromatic carbocycles. The molecule has 0 radical (unpaired) electrons. The van der Waals surface area contributed by atoms with Gasteiger partial charge in [-0.3, -0.25) is 19.4 Å². The van der Waals surface area contributed by atoms with E-state index in [0.717, 1.165) is 9.80 Å². The van der Waals surface area contributed by atoms with Crippen molar-refractivity contribution in [1.82, 2.24) is 9.80 Å². The van der Waals surface area contributed by atoms with Crippen LogP contribution < -0.4 is 9.47 Å². The van der Waals surface area contributed by atoms with Crippen molar-refractivity contribution in [2.75, 3.05) is 27.8 Å². The molecule has 8 heteroatoms. The van der Waals surface area contributed by atoms with E-state index in [1.165, 1.54) is 27.3 Å². The van der Waals surface area contributed by atoms with Crippen molar-refractivity contribution in [2.24, 2.45) is 0 Å². The van der Waals surface area contributed by atoms with Crippen LogP contribution in [-0.2, 0) is 9.59 Å². The van der Waals surface area contributed by atoms with Gasteiger partial charge in [-0.05, 0) is 39.7 Å². The van der Waals surface area contributed by atoms with E-state index in [-0.39, 0.29) is 5.57 Å². The molecular weight excluding hydrogens is 392 g/mol. The number of hydrogen-bond acceptors (Lipinski definition) is 5. The fourth-order valence-electron chi connectivity index (χ4n) is 2.25. The first-order chi connectivity index (χ1) is 11.8. The minimum atomic E-state index is -0.668. The van der Waals surface area contributed by atoms with Crippen LogP contribution in [0.3, 0.4) is 0 Å². The Bertz CT molecular complexity index is 761. The second kappa shape index (κ2) is 7.52. The molecule has 132 valence electrons. The van der Waals surface area contributed by atoms with Crippen molar-refractivity contribution in [3.63, 3.8) is 0 Å². The number of benzene rings is 1. The number of rotatable bonds is 5. The normalized spacial score (nSPS) is 14.7. The first kappa shape index (κ1) is 18.7. The Kier molecular flexibility index (Phi) is 5.63. The first-order valence-corrected chi connectivity index (χ1v) is 8.04. The fraction of sp³-hybridized carbons (Fsp3) is 0.235. The smallest absolute Gasteiger partial charge is 0.333 e. The molecule has 1 aliphatic rings. The molecule has 0 N–H and O–H groups in total. The SMILES string of the molecule is C=CCOc1c(Br)cc(C=C2C(=O)N(C)C(=O)N(C)C2=O)cc1OC. The summed E-state index contributed by atoms with van der Waals surface area (Å²) in [5, 5.41) is 0. The average Bonchev–Trinajstić information content (AvgIpc) is 2.60. The van der Waals surface area contributed by atoms with Gasteiger partial charge in [0.25, 0.3) is 11.8 Å². The Balaban J connectivity index is 2.48. The molecule has 0 aliphatic carbocycles. The molecule has 0 saturated carbocycles. The first-order valence-electron chi connectivity index (χ1n) is 7.24. The summed E-state index contributed by atoms with van der Waals surface area (Å²) in [6, 6.07) is 2.65. The molecule has 25 heavy (non-hydrogen) atoms.